The number of hydrogen-bond donors (Lipinski definition) is 3. The molecule has 0 spiro atoms. The van der Waals surface area contributed by atoms with E-state index >= 15 is 0 Å². The number of aromatic nitrogens is 1. The summed E-state index contributed by atoms with van der Waals surface area (Å²) in [7, 11) is 1.58. The second-order valence-corrected chi connectivity index (χ2v) is 9.86. The van der Waals surface area contributed by atoms with Gasteiger partial charge in [0, 0.05) is 17.1 Å². The molecule has 5 rings (SSSR count). The van der Waals surface area contributed by atoms with E-state index in [4.69, 9.17) is 9.47 Å². The second kappa shape index (κ2) is 9.46. The van der Waals surface area contributed by atoms with Crippen LogP contribution in [0.4, 0.5) is 21.9 Å². The Morgan fingerprint density at radius 2 is 1.76 bits per heavy atom. The SMILES string of the molecule is COc1ccc(C(C)(C)C)cc1NC(=O)Nc1ccc(-c2cnc3c(c2)NC(=O)CO3)c2ccccc12. The van der Waals surface area contributed by atoms with Crippen LogP contribution in [-0.2, 0) is 10.2 Å². The van der Waals surface area contributed by atoms with Crippen LogP contribution >= 0.6 is 0 Å². The van der Waals surface area contributed by atoms with Crippen LogP contribution < -0.4 is 25.4 Å². The van der Waals surface area contributed by atoms with Crippen LogP contribution in [0.2, 0.25) is 0 Å². The third kappa shape index (κ3) is 4.91. The molecule has 3 aromatic carbocycles. The molecule has 1 aromatic heterocycles. The number of pyridine rings is 1. The quantitative estimate of drug-likeness (QED) is 0.313. The Hall–Kier alpha value is -4.59. The number of amides is 3. The molecule has 37 heavy (non-hydrogen) atoms. The number of urea groups is 1. The largest absolute Gasteiger partial charge is 0.495 e. The van der Waals surface area contributed by atoms with Crippen molar-refractivity contribution in [2.24, 2.45) is 0 Å². The minimum Gasteiger partial charge on any atom is -0.495 e. The Morgan fingerprint density at radius 1 is 1.00 bits per heavy atom. The Kier molecular flexibility index (Phi) is 6.17. The summed E-state index contributed by atoms with van der Waals surface area (Å²) in [4.78, 5) is 29.2. The highest BCUT2D eigenvalue weighted by molar-refractivity contribution is 6.10. The molecule has 1 aliphatic rings. The fraction of sp³-hybridized carbons (Fsp3) is 0.207. The molecule has 3 N–H and O–H groups in total. The van der Waals surface area contributed by atoms with Gasteiger partial charge in [-0.05, 0) is 46.2 Å². The van der Waals surface area contributed by atoms with Crippen molar-refractivity contribution in [1.29, 1.82) is 0 Å². The lowest BCUT2D eigenvalue weighted by molar-refractivity contribution is -0.118. The molecule has 2 heterocycles. The van der Waals surface area contributed by atoms with Gasteiger partial charge in [0.25, 0.3) is 5.91 Å². The first-order valence-corrected chi connectivity index (χ1v) is 11.9. The molecule has 0 atom stereocenters. The summed E-state index contributed by atoms with van der Waals surface area (Å²) in [6.45, 7) is 6.30. The van der Waals surface area contributed by atoms with Gasteiger partial charge in [-0.25, -0.2) is 9.78 Å². The predicted octanol–water partition coefficient (Wildman–Crippen LogP) is 6.18. The molecule has 1 aliphatic heterocycles. The zero-order chi connectivity index (χ0) is 26.2. The van der Waals surface area contributed by atoms with Gasteiger partial charge >= 0.3 is 6.03 Å². The number of methoxy groups -OCH3 is 1. The second-order valence-electron chi connectivity index (χ2n) is 9.86. The van der Waals surface area contributed by atoms with Gasteiger partial charge in [-0.2, -0.15) is 0 Å². The summed E-state index contributed by atoms with van der Waals surface area (Å²) in [5, 5.41) is 10.5. The highest BCUT2D eigenvalue weighted by Gasteiger charge is 2.20. The highest BCUT2D eigenvalue weighted by atomic mass is 16.5. The van der Waals surface area contributed by atoms with E-state index < -0.39 is 0 Å². The van der Waals surface area contributed by atoms with Crippen LogP contribution in [0, 0.1) is 0 Å². The van der Waals surface area contributed by atoms with Crippen molar-refractivity contribution in [2.75, 3.05) is 29.7 Å². The summed E-state index contributed by atoms with van der Waals surface area (Å²) in [6.07, 6.45) is 1.71. The Morgan fingerprint density at radius 3 is 2.51 bits per heavy atom. The lowest BCUT2D eigenvalue weighted by Gasteiger charge is -2.21. The first kappa shape index (κ1) is 24.1. The van der Waals surface area contributed by atoms with E-state index in [1.807, 2.05) is 60.7 Å². The molecule has 0 saturated carbocycles. The Bertz CT molecular complexity index is 1520. The van der Waals surface area contributed by atoms with Crippen molar-refractivity contribution in [3.05, 3.63) is 72.4 Å². The van der Waals surface area contributed by atoms with E-state index in [0.29, 0.717) is 28.7 Å². The number of benzene rings is 3. The molecule has 8 nitrogen and oxygen atoms in total. The minimum atomic E-state index is -0.377. The van der Waals surface area contributed by atoms with Crippen molar-refractivity contribution < 1.29 is 19.1 Å². The van der Waals surface area contributed by atoms with E-state index in [0.717, 1.165) is 27.5 Å². The molecule has 188 valence electrons. The smallest absolute Gasteiger partial charge is 0.323 e. The molecule has 8 heteroatoms. The van der Waals surface area contributed by atoms with E-state index in [2.05, 4.69) is 41.7 Å². The Balaban J connectivity index is 1.45. The highest BCUT2D eigenvalue weighted by Crippen LogP contribution is 2.37. The summed E-state index contributed by atoms with van der Waals surface area (Å²) in [5.41, 5.74) is 4.52. The summed E-state index contributed by atoms with van der Waals surface area (Å²) in [5.74, 6) is 0.763. The van der Waals surface area contributed by atoms with Gasteiger partial charge in [0.15, 0.2) is 6.61 Å². The average Bonchev–Trinajstić information content (AvgIpc) is 2.88. The number of nitrogens with one attached hydrogen (secondary N) is 3. The maximum absolute atomic E-state index is 13.1. The van der Waals surface area contributed by atoms with Gasteiger partial charge < -0.3 is 25.4 Å². The van der Waals surface area contributed by atoms with Crippen LogP contribution in [0.3, 0.4) is 0 Å². The van der Waals surface area contributed by atoms with Crippen LogP contribution in [-0.4, -0.2) is 30.6 Å². The number of nitrogens with zero attached hydrogens (tertiary/aromatic N) is 1. The maximum atomic E-state index is 13.1. The molecular weight excluding hydrogens is 468 g/mol. The van der Waals surface area contributed by atoms with E-state index in [1.54, 1.807) is 13.3 Å². The molecule has 4 aromatic rings. The standard InChI is InChI=1S/C29H28N4O4/c1-29(2,3)18-9-12-25(36-4)23(14-18)33-28(35)32-22-11-10-19(20-7-5-6-8-21(20)22)17-13-24-27(30-15-17)37-16-26(34)31-24/h5-15H,16H2,1-4H3,(H,31,34)(H2,32,33,35). The monoisotopic (exact) mass is 496 g/mol. The number of ether oxygens (including phenoxy) is 2. The lowest BCUT2D eigenvalue weighted by atomic mass is 9.87. The first-order valence-electron chi connectivity index (χ1n) is 11.9. The molecule has 0 radical (unpaired) electrons. The van der Waals surface area contributed by atoms with Gasteiger partial charge in [-0.1, -0.05) is 57.2 Å². The molecule has 0 unspecified atom stereocenters. The fourth-order valence-electron chi connectivity index (χ4n) is 4.33. The van der Waals surface area contributed by atoms with E-state index in [1.165, 1.54) is 0 Å². The van der Waals surface area contributed by atoms with Gasteiger partial charge in [0.1, 0.15) is 11.4 Å². The van der Waals surface area contributed by atoms with Crippen LogP contribution in [0.25, 0.3) is 21.9 Å². The van der Waals surface area contributed by atoms with Crippen molar-refractivity contribution in [3.63, 3.8) is 0 Å². The van der Waals surface area contributed by atoms with Gasteiger partial charge in [-0.3, -0.25) is 4.79 Å². The minimum absolute atomic E-state index is 0.0446. The third-order valence-electron chi connectivity index (χ3n) is 6.26. The van der Waals surface area contributed by atoms with Gasteiger partial charge in [0.2, 0.25) is 5.88 Å². The number of anilines is 3. The number of carbonyl (C=O) groups excluding carboxylic acids is 2. The summed E-state index contributed by atoms with van der Waals surface area (Å²) in [6, 6.07) is 18.8. The topological polar surface area (TPSA) is 102 Å². The van der Waals surface area contributed by atoms with Gasteiger partial charge in [0.05, 0.1) is 18.5 Å². The van der Waals surface area contributed by atoms with Crippen molar-refractivity contribution in [2.45, 2.75) is 26.2 Å². The zero-order valence-corrected chi connectivity index (χ0v) is 21.1. The van der Waals surface area contributed by atoms with E-state index in [-0.39, 0.29) is 24.0 Å². The maximum Gasteiger partial charge on any atom is 0.323 e. The normalized spacial score (nSPS) is 12.8. The fourth-order valence-corrected chi connectivity index (χ4v) is 4.33. The van der Waals surface area contributed by atoms with Crippen molar-refractivity contribution in [3.8, 4) is 22.8 Å². The van der Waals surface area contributed by atoms with Crippen molar-refractivity contribution >= 4 is 39.8 Å². The molecular formula is C29H28N4O4. The number of carbonyl (C=O) groups is 2. The molecule has 3 amide bonds. The molecule has 0 bridgehead atoms. The van der Waals surface area contributed by atoms with E-state index in [9.17, 15) is 9.59 Å². The third-order valence-corrected chi connectivity index (χ3v) is 6.26. The first-order chi connectivity index (χ1) is 17.7. The van der Waals surface area contributed by atoms with Crippen molar-refractivity contribution in [1.82, 2.24) is 4.98 Å². The number of rotatable bonds is 4. The average molecular weight is 497 g/mol. The Labute approximate surface area is 215 Å². The summed E-state index contributed by atoms with van der Waals surface area (Å²) >= 11 is 0. The molecule has 0 fully saturated rings. The lowest BCUT2D eigenvalue weighted by Crippen LogP contribution is -2.25. The predicted molar refractivity (Wildman–Crippen MR) is 146 cm³/mol. The number of fused-ring (bicyclic) bond motifs is 2. The van der Waals surface area contributed by atoms with Crippen LogP contribution in [0.1, 0.15) is 26.3 Å². The van der Waals surface area contributed by atoms with Crippen LogP contribution in [0.5, 0.6) is 11.6 Å². The zero-order valence-electron chi connectivity index (χ0n) is 21.1. The number of hydrogen-bond acceptors (Lipinski definition) is 5. The van der Waals surface area contributed by atoms with Crippen LogP contribution in [0.15, 0.2) is 66.9 Å². The summed E-state index contributed by atoms with van der Waals surface area (Å²) < 4.78 is 10.8. The molecule has 0 saturated heterocycles. The molecule has 0 aliphatic carbocycles. The van der Waals surface area contributed by atoms with Gasteiger partial charge in [-0.15, -0.1) is 0 Å².